The quantitative estimate of drug-likeness (QED) is 0.712. The van der Waals surface area contributed by atoms with Crippen molar-refractivity contribution in [2.24, 2.45) is 0 Å². The Kier molecular flexibility index (Phi) is 5.99. The molecular formula is C15H21F2N. The van der Waals surface area contributed by atoms with Gasteiger partial charge in [0.25, 0.3) is 0 Å². The predicted octanol–water partition coefficient (Wildman–Crippen LogP) is 4.36. The third kappa shape index (κ3) is 4.22. The zero-order valence-electron chi connectivity index (χ0n) is 11.1. The second-order valence-electron chi connectivity index (χ2n) is 4.65. The van der Waals surface area contributed by atoms with Crippen LogP contribution < -0.4 is 5.32 Å². The molecule has 0 heterocycles. The predicted molar refractivity (Wildman–Crippen MR) is 71.4 cm³/mol. The van der Waals surface area contributed by atoms with E-state index in [0.29, 0.717) is 5.56 Å². The highest BCUT2D eigenvalue weighted by atomic mass is 19.2. The fourth-order valence-corrected chi connectivity index (χ4v) is 1.87. The Labute approximate surface area is 108 Å². The van der Waals surface area contributed by atoms with Crippen molar-refractivity contribution in [2.45, 2.75) is 39.2 Å². The molecule has 0 amide bonds. The largest absolute Gasteiger partial charge is 0.310 e. The summed E-state index contributed by atoms with van der Waals surface area (Å²) >= 11 is 0. The molecule has 0 bridgehead atoms. The molecule has 1 aromatic carbocycles. The van der Waals surface area contributed by atoms with Crippen LogP contribution in [0.4, 0.5) is 8.78 Å². The van der Waals surface area contributed by atoms with Crippen molar-refractivity contribution in [1.29, 1.82) is 0 Å². The van der Waals surface area contributed by atoms with Crippen LogP contribution in [0.2, 0.25) is 0 Å². The molecule has 0 aromatic heterocycles. The molecule has 0 spiro atoms. The van der Waals surface area contributed by atoms with Crippen molar-refractivity contribution in [3.05, 3.63) is 47.5 Å². The van der Waals surface area contributed by atoms with E-state index in [1.165, 1.54) is 0 Å². The molecule has 18 heavy (non-hydrogen) atoms. The SMILES string of the molecule is C=C(C)CCC(NCCC)c1cccc(F)c1F. The highest BCUT2D eigenvalue weighted by Gasteiger charge is 2.17. The van der Waals surface area contributed by atoms with Gasteiger partial charge in [0.05, 0.1) is 0 Å². The molecule has 3 heteroatoms. The fourth-order valence-electron chi connectivity index (χ4n) is 1.87. The van der Waals surface area contributed by atoms with Gasteiger partial charge in [-0.25, -0.2) is 8.78 Å². The molecule has 0 aliphatic heterocycles. The van der Waals surface area contributed by atoms with E-state index >= 15 is 0 Å². The maximum absolute atomic E-state index is 13.8. The number of allylic oxidation sites excluding steroid dienone is 1. The molecule has 1 nitrogen and oxygen atoms in total. The summed E-state index contributed by atoms with van der Waals surface area (Å²) < 4.78 is 27.0. The van der Waals surface area contributed by atoms with Gasteiger partial charge < -0.3 is 5.32 Å². The summed E-state index contributed by atoms with van der Waals surface area (Å²) in [7, 11) is 0. The van der Waals surface area contributed by atoms with Crippen molar-refractivity contribution in [3.8, 4) is 0 Å². The van der Waals surface area contributed by atoms with E-state index in [2.05, 4.69) is 11.9 Å². The molecule has 0 fully saturated rings. The van der Waals surface area contributed by atoms with Crippen LogP contribution in [0.15, 0.2) is 30.4 Å². The van der Waals surface area contributed by atoms with E-state index in [4.69, 9.17) is 0 Å². The van der Waals surface area contributed by atoms with Crippen molar-refractivity contribution in [3.63, 3.8) is 0 Å². The van der Waals surface area contributed by atoms with E-state index in [-0.39, 0.29) is 6.04 Å². The number of hydrogen-bond acceptors (Lipinski definition) is 1. The first kappa shape index (κ1) is 14.8. The monoisotopic (exact) mass is 253 g/mol. The molecule has 1 unspecified atom stereocenters. The maximum atomic E-state index is 13.8. The minimum absolute atomic E-state index is 0.155. The molecule has 1 N–H and O–H groups in total. The van der Waals surface area contributed by atoms with Gasteiger partial charge in [-0.05, 0) is 38.8 Å². The molecule has 0 aliphatic rings. The van der Waals surface area contributed by atoms with E-state index in [1.807, 2.05) is 13.8 Å². The van der Waals surface area contributed by atoms with Crippen LogP contribution in [0.3, 0.4) is 0 Å². The lowest BCUT2D eigenvalue weighted by molar-refractivity contribution is 0.446. The van der Waals surface area contributed by atoms with E-state index in [0.717, 1.165) is 37.4 Å². The Bertz CT molecular complexity index is 401. The first-order valence-corrected chi connectivity index (χ1v) is 6.38. The molecule has 0 aliphatic carbocycles. The maximum Gasteiger partial charge on any atom is 0.163 e. The van der Waals surface area contributed by atoms with Crippen molar-refractivity contribution in [2.75, 3.05) is 6.54 Å². The van der Waals surface area contributed by atoms with Crippen molar-refractivity contribution < 1.29 is 8.78 Å². The van der Waals surface area contributed by atoms with Gasteiger partial charge in [-0.3, -0.25) is 0 Å². The second kappa shape index (κ2) is 7.27. The lowest BCUT2D eigenvalue weighted by Crippen LogP contribution is -2.23. The molecule has 0 saturated carbocycles. The Hall–Kier alpha value is -1.22. The lowest BCUT2D eigenvalue weighted by atomic mass is 9.99. The van der Waals surface area contributed by atoms with Crippen molar-refractivity contribution >= 4 is 0 Å². The Morgan fingerprint density at radius 2 is 2.11 bits per heavy atom. The van der Waals surface area contributed by atoms with Crippen LogP contribution in [0, 0.1) is 11.6 Å². The molecule has 100 valence electrons. The summed E-state index contributed by atoms with van der Waals surface area (Å²) in [6, 6.07) is 4.19. The number of rotatable bonds is 7. The van der Waals surface area contributed by atoms with Gasteiger partial charge in [0.2, 0.25) is 0 Å². The number of halogens is 2. The minimum Gasteiger partial charge on any atom is -0.310 e. The smallest absolute Gasteiger partial charge is 0.163 e. The van der Waals surface area contributed by atoms with Gasteiger partial charge in [-0.1, -0.05) is 24.6 Å². The number of nitrogens with one attached hydrogen (secondary N) is 1. The van der Waals surface area contributed by atoms with Crippen LogP contribution in [-0.4, -0.2) is 6.54 Å². The molecule has 1 rings (SSSR count). The average Bonchev–Trinajstić information content (AvgIpc) is 2.33. The Morgan fingerprint density at radius 3 is 2.72 bits per heavy atom. The van der Waals surface area contributed by atoms with Crippen LogP contribution >= 0.6 is 0 Å². The highest BCUT2D eigenvalue weighted by Crippen LogP contribution is 2.24. The summed E-state index contributed by atoms with van der Waals surface area (Å²) in [4.78, 5) is 0. The molecular weight excluding hydrogens is 232 g/mol. The molecule has 0 saturated heterocycles. The summed E-state index contributed by atoms with van der Waals surface area (Å²) in [5.41, 5.74) is 1.46. The van der Waals surface area contributed by atoms with E-state index < -0.39 is 11.6 Å². The molecule has 1 atom stereocenters. The normalized spacial score (nSPS) is 12.4. The standard InChI is InChI=1S/C15H21F2N/c1-4-10-18-14(9-8-11(2)3)12-6-5-7-13(16)15(12)17/h5-7,14,18H,2,4,8-10H2,1,3H3. The zero-order chi connectivity index (χ0) is 13.5. The van der Waals surface area contributed by atoms with Gasteiger partial charge >= 0.3 is 0 Å². The van der Waals surface area contributed by atoms with Crippen LogP contribution in [-0.2, 0) is 0 Å². The van der Waals surface area contributed by atoms with E-state index in [1.54, 1.807) is 12.1 Å². The van der Waals surface area contributed by atoms with Gasteiger partial charge in [-0.2, -0.15) is 0 Å². The van der Waals surface area contributed by atoms with Gasteiger partial charge in [-0.15, -0.1) is 6.58 Å². The Balaban J connectivity index is 2.86. The summed E-state index contributed by atoms with van der Waals surface area (Å²) in [6.45, 7) is 8.62. The second-order valence-corrected chi connectivity index (χ2v) is 4.65. The third-order valence-electron chi connectivity index (χ3n) is 2.86. The molecule has 1 aromatic rings. The highest BCUT2D eigenvalue weighted by molar-refractivity contribution is 5.22. The topological polar surface area (TPSA) is 12.0 Å². The van der Waals surface area contributed by atoms with Crippen LogP contribution in [0.25, 0.3) is 0 Å². The first-order chi connectivity index (χ1) is 8.56. The fraction of sp³-hybridized carbons (Fsp3) is 0.467. The van der Waals surface area contributed by atoms with Gasteiger partial charge in [0.15, 0.2) is 11.6 Å². The van der Waals surface area contributed by atoms with Crippen LogP contribution in [0.1, 0.15) is 44.7 Å². The van der Waals surface area contributed by atoms with Gasteiger partial charge in [0, 0.05) is 11.6 Å². The minimum atomic E-state index is -0.786. The van der Waals surface area contributed by atoms with Gasteiger partial charge in [0.1, 0.15) is 0 Å². The lowest BCUT2D eigenvalue weighted by Gasteiger charge is -2.19. The number of hydrogen-bond donors (Lipinski definition) is 1. The molecule has 0 radical (unpaired) electrons. The van der Waals surface area contributed by atoms with Crippen LogP contribution in [0.5, 0.6) is 0 Å². The summed E-state index contributed by atoms with van der Waals surface area (Å²) in [6.07, 6.45) is 2.49. The third-order valence-corrected chi connectivity index (χ3v) is 2.86. The van der Waals surface area contributed by atoms with Crippen molar-refractivity contribution in [1.82, 2.24) is 5.32 Å². The Morgan fingerprint density at radius 1 is 1.39 bits per heavy atom. The summed E-state index contributed by atoms with van der Waals surface area (Å²) in [5.74, 6) is -1.53. The average molecular weight is 253 g/mol. The first-order valence-electron chi connectivity index (χ1n) is 6.38. The number of benzene rings is 1. The summed E-state index contributed by atoms with van der Waals surface area (Å²) in [5, 5.41) is 3.26. The van der Waals surface area contributed by atoms with E-state index in [9.17, 15) is 8.78 Å². The zero-order valence-corrected chi connectivity index (χ0v) is 11.1.